The van der Waals surface area contributed by atoms with E-state index in [4.69, 9.17) is 5.11 Å². The van der Waals surface area contributed by atoms with Gasteiger partial charge in [-0.2, -0.15) is 0 Å². The molecule has 84 valence electrons. The van der Waals surface area contributed by atoms with Crippen LogP contribution in [0.25, 0.3) is 10.9 Å². The summed E-state index contributed by atoms with van der Waals surface area (Å²) >= 11 is 3.36. The first-order valence-corrected chi connectivity index (χ1v) is 5.94. The average molecular weight is 282 g/mol. The molecule has 1 aromatic heterocycles. The molecule has 4 heteroatoms. The largest absolute Gasteiger partial charge is 0.478 e. The molecule has 1 heterocycles. The van der Waals surface area contributed by atoms with Crippen LogP contribution in [-0.2, 0) is 6.54 Å². The van der Waals surface area contributed by atoms with Crippen LogP contribution in [0.4, 0.5) is 0 Å². The fourth-order valence-electron chi connectivity index (χ4n) is 1.87. The highest BCUT2D eigenvalue weighted by Gasteiger charge is 2.13. The second-order valence-corrected chi connectivity index (χ2v) is 4.62. The molecule has 2 aromatic rings. The fraction of sp³-hybridized carbons (Fsp3) is 0.250. The summed E-state index contributed by atoms with van der Waals surface area (Å²) in [6, 6.07) is 5.73. The van der Waals surface area contributed by atoms with Gasteiger partial charge in [0.2, 0.25) is 0 Å². The Hall–Kier alpha value is -1.29. The van der Waals surface area contributed by atoms with Gasteiger partial charge in [-0.05, 0) is 24.6 Å². The molecule has 0 aliphatic carbocycles. The number of hydrogen-bond acceptors (Lipinski definition) is 1. The van der Waals surface area contributed by atoms with E-state index in [2.05, 4.69) is 22.9 Å². The average Bonchev–Trinajstić information content (AvgIpc) is 2.57. The molecule has 1 aromatic carbocycles. The number of carboxylic acid groups (broad SMARTS) is 1. The summed E-state index contributed by atoms with van der Waals surface area (Å²) in [5.41, 5.74) is 1.34. The van der Waals surface area contributed by atoms with Crippen LogP contribution >= 0.6 is 15.9 Å². The van der Waals surface area contributed by atoms with E-state index in [0.717, 1.165) is 28.3 Å². The van der Waals surface area contributed by atoms with Crippen LogP contribution in [-0.4, -0.2) is 15.6 Å². The molecule has 0 fully saturated rings. The number of aromatic nitrogens is 1. The number of aryl methyl sites for hydroxylation is 1. The van der Waals surface area contributed by atoms with Crippen LogP contribution in [0.5, 0.6) is 0 Å². The van der Waals surface area contributed by atoms with Gasteiger partial charge in [-0.1, -0.05) is 22.9 Å². The lowest BCUT2D eigenvalue weighted by Gasteiger charge is -2.01. The van der Waals surface area contributed by atoms with E-state index in [1.807, 2.05) is 22.8 Å². The van der Waals surface area contributed by atoms with Gasteiger partial charge in [0.05, 0.1) is 5.56 Å². The van der Waals surface area contributed by atoms with Gasteiger partial charge < -0.3 is 9.67 Å². The van der Waals surface area contributed by atoms with Gasteiger partial charge >= 0.3 is 5.97 Å². The molecule has 0 atom stereocenters. The van der Waals surface area contributed by atoms with E-state index in [9.17, 15) is 4.79 Å². The molecular weight excluding hydrogens is 270 g/mol. The highest BCUT2D eigenvalue weighted by molar-refractivity contribution is 9.10. The van der Waals surface area contributed by atoms with Gasteiger partial charge in [-0.15, -0.1) is 0 Å². The summed E-state index contributed by atoms with van der Waals surface area (Å²) in [6.45, 7) is 2.91. The Labute approximate surface area is 102 Å². The van der Waals surface area contributed by atoms with Crippen LogP contribution in [0.2, 0.25) is 0 Å². The monoisotopic (exact) mass is 281 g/mol. The molecule has 0 aliphatic heterocycles. The van der Waals surface area contributed by atoms with E-state index in [-0.39, 0.29) is 0 Å². The van der Waals surface area contributed by atoms with E-state index in [1.54, 1.807) is 6.20 Å². The lowest BCUT2D eigenvalue weighted by Crippen LogP contribution is -1.96. The minimum Gasteiger partial charge on any atom is -0.478 e. The van der Waals surface area contributed by atoms with Crippen LogP contribution in [0.3, 0.4) is 0 Å². The summed E-state index contributed by atoms with van der Waals surface area (Å²) in [6.07, 6.45) is 2.70. The van der Waals surface area contributed by atoms with Crippen LogP contribution in [0, 0.1) is 0 Å². The van der Waals surface area contributed by atoms with Gasteiger partial charge in [0.15, 0.2) is 0 Å². The number of nitrogens with zero attached hydrogens (tertiary/aromatic N) is 1. The third-order valence-electron chi connectivity index (χ3n) is 2.54. The van der Waals surface area contributed by atoms with Crippen molar-refractivity contribution in [3.05, 3.63) is 34.4 Å². The zero-order valence-electron chi connectivity index (χ0n) is 8.90. The van der Waals surface area contributed by atoms with E-state index < -0.39 is 5.97 Å². The standard InChI is InChI=1S/C12H12BrNO2/c1-2-5-14-7-10(12(15)16)9-6-8(13)3-4-11(9)14/h3-4,6-7H,2,5H2,1H3,(H,15,16). The Kier molecular flexibility index (Phi) is 3.01. The van der Waals surface area contributed by atoms with Gasteiger partial charge in [-0.3, -0.25) is 0 Å². The van der Waals surface area contributed by atoms with Crippen LogP contribution in [0.1, 0.15) is 23.7 Å². The topological polar surface area (TPSA) is 42.2 Å². The molecule has 0 spiro atoms. The first-order chi connectivity index (χ1) is 7.63. The molecule has 0 amide bonds. The zero-order valence-corrected chi connectivity index (χ0v) is 10.5. The maximum absolute atomic E-state index is 11.1. The Morgan fingerprint density at radius 2 is 2.25 bits per heavy atom. The maximum Gasteiger partial charge on any atom is 0.337 e. The Bertz CT molecular complexity index is 545. The van der Waals surface area contributed by atoms with Crippen molar-refractivity contribution in [1.82, 2.24) is 4.57 Å². The number of fused-ring (bicyclic) bond motifs is 1. The SMILES string of the molecule is CCCn1cc(C(=O)O)c2cc(Br)ccc21. The van der Waals surface area contributed by atoms with Crippen molar-refractivity contribution < 1.29 is 9.90 Å². The van der Waals surface area contributed by atoms with Crippen molar-refractivity contribution in [2.24, 2.45) is 0 Å². The Morgan fingerprint density at radius 3 is 2.88 bits per heavy atom. The summed E-state index contributed by atoms with van der Waals surface area (Å²) < 4.78 is 2.89. The molecule has 0 radical (unpaired) electrons. The third-order valence-corrected chi connectivity index (χ3v) is 3.03. The normalized spacial score (nSPS) is 10.9. The number of rotatable bonds is 3. The van der Waals surface area contributed by atoms with Crippen molar-refractivity contribution in [3.63, 3.8) is 0 Å². The molecule has 0 bridgehead atoms. The number of halogens is 1. The number of carboxylic acids is 1. The first kappa shape index (κ1) is 11.2. The molecule has 0 saturated heterocycles. The van der Waals surface area contributed by atoms with Gasteiger partial charge in [0.25, 0.3) is 0 Å². The van der Waals surface area contributed by atoms with Crippen molar-refractivity contribution in [3.8, 4) is 0 Å². The number of benzene rings is 1. The van der Waals surface area contributed by atoms with Gasteiger partial charge in [0.1, 0.15) is 0 Å². The minimum atomic E-state index is -0.877. The van der Waals surface area contributed by atoms with Crippen LogP contribution in [0.15, 0.2) is 28.9 Å². The summed E-state index contributed by atoms with van der Waals surface area (Å²) in [4.78, 5) is 11.1. The Balaban J connectivity index is 2.71. The van der Waals surface area contributed by atoms with E-state index in [0.29, 0.717) is 5.56 Å². The highest BCUT2D eigenvalue weighted by atomic mass is 79.9. The maximum atomic E-state index is 11.1. The molecule has 3 nitrogen and oxygen atoms in total. The predicted octanol–water partition coefficient (Wildman–Crippen LogP) is 3.51. The van der Waals surface area contributed by atoms with E-state index >= 15 is 0 Å². The molecule has 0 aliphatic rings. The fourth-order valence-corrected chi connectivity index (χ4v) is 2.23. The highest BCUT2D eigenvalue weighted by Crippen LogP contribution is 2.25. The minimum absolute atomic E-state index is 0.366. The molecule has 16 heavy (non-hydrogen) atoms. The van der Waals surface area contributed by atoms with Gasteiger partial charge in [0, 0.05) is 28.1 Å². The summed E-state index contributed by atoms with van der Waals surface area (Å²) in [5, 5.41) is 9.91. The molecule has 2 rings (SSSR count). The molecular formula is C12H12BrNO2. The number of hydrogen-bond donors (Lipinski definition) is 1. The first-order valence-electron chi connectivity index (χ1n) is 5.15. The second-order valence-electron chi connectivity index (χ2n) is 3.70. The lowest BCUT2D eigenvalue weighted by molar-refractivity contribution is 0.0699. The van der Waals surface area contributed by atoms with Crippen molar-refractivity contribution in [2.45, 2.75) is 19.9 Å². The summed E-state index contributed by atoms with van der Waals surface area (Å²) in [5.74, 6) is -0.877. The predicted molar refractivity (Wildman–Crippen MR) is 66.9 cm³/mol. The van der Waals surface area contributed by atoms with Crippen molar-refractivity contribution in [1.29, 1.82) is 0 Å². The zero-order chi connectivity index (χ0) is 11.7. The number of carbonyl (C=O) groups is 1. The van der Waals surface area contributed by atoms with Crippen molar-refractivity contribution in [2.75, 3.05) is 0 Å². The molecule has 1 N–H and O–H groups in total. The lowest BCUT2D eigenvalue weighted by atomic mass is 10.2. The van der Waals surface area contributed by atoms with E-state index in [1.165, 1.54) is 0 Å². The quantitative estimate of drug-likeness (QED) is 0.936. The molecule has 0 unspecified atom stereocenters. The number of aromatic carboxylic acids is 1. The second kappa shape index (κ2) is 4.29. The third kappa shape index (κ3) is 1.85. The van der Waals surface area contributed by atoms with Gasteiger partial charge in [-0.25, -0.2) is 4.79 Å². The van der Waals surface area contributed by atoms with Crippen molar-refractivity contribution >= 4 is 32.8 Å². The van der Waals surface area contributed by atoms with Crippen LogP contribution < -0.4 is 0 Å². The smallest absolute Gasteiger partial charge is 0.337 e. The summed E-state index contributed by atoms with van der Waals surface area (Å²) in [7, 11) is 0. The molecule has 0 saturated carbocycles. The Morgan fingerprint density at radius 1 is 1.50 bits per heavy atom.